The maximum atomic E-state index is 11.6. The number of nitrogens with one attached hydrogen (secondary N) is 1. The Morgan fingerprint density at radius 1 is 1.47 bits per heavy atom. The molecule has 4 N–H and O–H groups in total. The molecule has 0 spiro atoms. The van der Waals surface area contributed by atoms with Crippen LogP contribution in [0, 0.1) is 11.8 Å². The number of hydrogen-bond donors (Lipinski definition) is 3. The molecule has 0 aromatic rings. The number of carboxylic acid groups (broad SMARTS) is 1. The molecule has 1 amide bonds. The lowest BCUT2D eigenvalue weighted by Gasteiger charge is -2.27. The molecule has 0 radical (unpaired) electrons. The quantitative estimate of drug-likeness (QED) is 0.662. The summed E-state index contributed by atoms with van der Waals surface area (Å²) >= 11 is 0. The lowest BCUT2D eigenvalue weighted by molar-refractivity contribution is -0.143. The summed E-state index contributed by atoms with van der Waals surface area (Å²) in [5.74, 6) is -0.895. The minimum Gasteiger partial charge on any atom is -0.481 e. The molecule has 0 aromatic heterocycles. The van der Waals surface area contributed by atoms with Gasteiger partial charge >= 0.3 is 5.97 Å². The molecule has 5 heteroatoms. The van der Waals surface area contributed by atoms with Crippen LogP contribution in [0.2, 0.25) is 0 Å². The largest absolute Gasteiger partial charge is 0.481 e. The maximum absolute atomic E-state index is 11.6. The number of nitrogens with two attached hydrogens (primary N) is 1. The van der Waals surface area contributed by atoms with Crippen LogP contribution in [-0.4, -0.2) is 29.6 Å². The molecule has 1 aliphatic rings. The summed E-state index contributed by atoms with van der Waals surface area (Å²) in [4.78, 5) is 22.5. The van der Waals surface area contributed by atoms with E-state index in [1.807, 2.05) is 6.92 Å². The van der Waals surface area contributed by atoms with Gasteiger partial charge in [0.1, 0.15) is 0 Å². The van der Waals surface area contributed by atoms with Gasteiger partial charge in [-0.2, -0.15) is 0 Å². The molecule has 0 saturated heterocycles. The highest BCUT2D eigenvalue weighted by Gasteiger charge is 2.27. The van der Waals surface area contributed by atoms with Crippen molar-refractivity contribution in [1.29, 1.82) is 0 Å². The van der Waals surface area contributed by atoms with Crippen LogP contribution in [0.15, 0.2) is 0 Å². The fraction of sp³-hybridized carbons (Fsp3) is 0.833. The Bertz CT molecular complexity index is 281. The van der Waals surface area contributed by atoms with Gasteiger partial charge in [0.2, 0.25) is 5.91 Å². The number of aliphatic carboxylic acids is 1. The maximum Gasteiger partial charge on any atom is 0.306 e. The van der Waals surface area contributed by atoms with Crippen molar-refractivity contribution in [3.8, 4) is 0 Å². The number of hydrogen-bond acceptors (Lipinski definition) is 3. The van der Waals surface area contributed by atoms with Crippen molar-refractivity contribution in [3.05, 3.63) is 0 Å². The molecule has 98 valence electrons. The lowest BCUT2D eigenvalue weighted by Crippen LogP contribution is -2.40. The molecule has 1 aliphatic carbocycles. The molecule has 1 rings (SSSR count). The minimum absolute atomic E-state index is 0.0148. The zero-order valence-corrected chi connectivity index (χ0v) is 10.3. The second-order valence-electron chi connectivity index (χ2n) is 5.01. The van der Waals surface area contributed by atoms with Gasteiger partial charge in [-0.25, -0.2) is 0 Å². The third-order valence-corrected chi connectivity index (χ3v) is 3.32. The van der Waals surface area contributed by atoms with E-state index in [0.717, 1.165) is 19.3 Å². The van der Waals surface area contributed by atoms with Crippen molar-refractivity contribution in [2.75, 3.05) is 6.54 Å². The number of amides is 1. The van der Waals surface area contributed by atoms with Crippen molar-refractivity contribution in [2.24, 2.45) is 17.6 Å². The zero-order chi connectivity index (χ0) is 12.8. The first kappa shape index (κ1) is 14.0. The van der Waals surface area contributed by atoms with Crippen LogP contribution in [0.5, 0.6) is 0 Å². The van der Waals surface area contributed by atoms with Crippen LogP contribution in [0.25, 0.3) is 0 Å². The molecule has 1 fully saturated rings. The predicted octanol–water partition coefficient (Wildman–Crippen LogP) is 0.731. The van der Waals surface area contributed by atoms with Gasteiger partial charge in [0.15, 0.2) is 0 Å². The van der Waals surface area contributed by atoms with E-state index in [4.69, 9.17) is 10.8 Å². The summed E-state index contributed by atoms with van der Waals surface area (Å²) in [5.41, 5.74) is 5.46. The molecule has 1 saturated carbocycles. The van der Waals surface area contributed by atoms with Crippen LogP contribution < -0.4 is 11.1 Å². The van der Waals surface area contributed by atoms with Gasteiger partial charge in [-0.1, -0.05) is 13.3 Å². The molecular weight excluding hydrogens is 220 g/mol. The molecule has 5 nitrogen and oxygen atoms in total. The summed E-state index contributed by atoms with van der Waals surface area (Å²) in [7, 11) is 0. The number of rotatable bonds is 5. The van der Waals surface area contributed by atoms with Crippen molar-refractivity contribution >= 4 is 11.9 Å². The van der Waals surface area contributed by atoms with Gasteiger partial charge in [-0.3, -0.25) is 9.59 Å². The van der Waals surface area contributed by atoms with E-state index in [1.54, 1.807) is 0 Å². The summed E-state index contributed by atoms with van der Waals surface area (Å²) in [6.45, 7) is 2.43. The highest BCUT2D eigenvalue weighted by atomic mass is 16.4. The van der Waals surface area contributed by atoms with E-state index in [0.29, 0.717) is 19.4 Å². The molecule has 17 heavy (non-hydrogen) atoms. The Morgan fingerprint density at radius 3 is 2.76 bits per heavy atom. The van der Waals surface area contributed by atoms with E-state index in [-0.39, 0.29) is 23.8 Å². The first-order valence-electron chi connectivity index (χ1n) is 6.25. The van der Waals surface area contributed by atoms with Crippen molar-refractivity contribution in [3.63, 3.8) is 0 Å². The summed E-state index contributed by atoms with van der Waals surface area (Å²) in [6.07, 6.45) is 3.45. The summed E-state index contributed by atoms with van der Waals surface area (Å²) in [5, 5.41) is 11.9. The molecular formula is C12H22N2O3. The van der Waals surface area contributed by atoms with Crippen LogP contribution >= 0.6 is 0 Å². The highest BCUT2D eigenvalue weighted by Crippen LogP contribution is 2.24. The van der Waals surface area contributed by atoms with E-state index < -0.39 is 5.97 Å². The number of carboxylic acids is 1. The van der Waals surface area contributed by atoms with Crippen molar-refractivity contribution < 1.29 is 14.7 Å². The fourth-order valence-electron chi connectivity index (χ4n) is 2.23. The highest BCUT2D eigenvalue weighted by molar-refractivity contribution is 5.76. The average Bonchev–Trinajstić information content (AvgIpc) is 2.28. The zero-order valence-electron chi connectivity index (χ0n) is 10.3. The van der Waals surface area contributed by atoms with Gasteiger partial charge < -0.3 is 16.2 Å². The SMILES string of the molecule is CC(CN)CC(=O)NC1CCCC(C(=O)O)C1. The molecule has 3 atom stereocenters. The summed E-state index contributed by atoms with van der Waals surface area (Å²) < 4.78 is 0. The fourth-order valence-corrected chi connectivity index (χ4v) is 2.23. The second kappa shape index (κ2) is 6.59. The van der Waals surface area contributed by atoms with Crippen LogP contribution in [0.4, 0.5) is 0 Å². The monoisotopic (exact) mass is 242 g/mol. The Morgan fingerprint density at radius 2 is 2.18 bits per heavy atom. The topological polar surface area (TPSA) is 92.4 Å². The predicted molar refractivity (Wildman–Crippen MR) is 64.4 cm³/mol. The van der Waals surface area contributed by atoms with Crippen LogP contribution in [-0.2, 0) is 9.59 Å². The third kappa shape index (κ3) is 4.73. The lowest BCUT2D eigenvalue weighted by atomic mass is 9.85. The Balaban J connectivity index is 2.35. The number of carbonyl (C=O) groups excluding carboxylic acids is 1. The van der Waals surface area contributed by atoms with Gasteiger partial charge in [-0.15, -0.1) is 0 Å². The van der Waals surface area contributed by atoms with Crippen molar-refractivity contribution in [2.45, 2.75) is 45.1 Å². The standard InChI is InChI=1S/C12H22N2O3/c1-8(7-13)5-11(15)14-10-4-2-3-9(6-10)12(16)17/h8-10H,2-7,13H2,1H3,(H,14,15)(H,16,17). The number of carbonyl (C=O) groups is 2. The molecule has 0 aliphatic heterocycles. The third-order valence-electron chi connectivity index (χ3n) is 3.32. The van der Waals surface area contributed by atoms with E-state index in [2.05, 4.69) is 5.32 Å². The van der Waals surface area contributed by atoms with Crippen molar-refractivity contribution in [1.82, 2.24) is 5.32 Å². The Labute approximate surface area is 102 Å². The first-order valence-corrected chi connectivity index (χ1v) is 6.25. The smallest absolute Gasteiger partial charge is 0.306 e. The molecule has 0 heterocycles. The second-order valence-corrected chi connectivity index (χ2v) is 5.01. The van der Waals surface area contributed by atoms with Gasteiger partial charge in [0.25, 0.3) is 0 Å². The Kier molecular flexibility index (Phi) is 5.41. The van der Waals surface area contributed by atoms with Crippen LogP contribution in [0.3, 0.4) is 0 Å². The van der Waals surface area contributed by atoms with Gasteiger partial charge in [0, 0.05) is 12.5 Å². The normalized spacial score (nSPS) is 26.2. The minimum atomic E-state index is -0.751. The molecule has 0 bridgehead atoms. The van der Waals surface area contributed by atoms with Crippen LogP contribution in [0.1, 0.15) is 39.0 Å². The summed E-state index contributed by atoms with van der Waals surface area (Å²) in [6, 6.07) is 0.0160. The van der Waals surface area contributed by atoms with E-state index >= 15 is 0 Å². The van der Waals surface area contributed by atoms with E-state index in [9.17, 15) is 9.59 Å². The first-order chi connectivity index (χ1) is 8.02. The van der Waals surface area contributed by atoms with Gasteiger partial charge in [0.05, 0.1) is 5.92 Å². The molecule has 0 aromatic carbocycles. The average molecular weight is 242 g/mol. The van der Waals surface area contributed by atoms with Gasteiger partial charge in [-0.05, 0) is 31.7 Å². The Hall–Kier alpha value is -1.10. The molecule has 3 unspecified atom stereocenters. The van der Waals surface area contributed by atoms with E-state index in [1.165, 1.54) is 0 Å².